The van der Waals surface area contributed by atoms with Crippen molar-refractivity contribution in [2.24, 2.45) is 5.84 Å². The third-order valence-electron chi connectivity index (χ3n) is 2.34. The molecular weight excluding hydrogens is 242 g/mol. The molecule has 0 bridgehead atoms. The summed E-state index contributed by atoms with van der Waals surface area (Å²) >= 11 is 0. The molecule has 1 rings (SSSR count). The lowest BCUT2D eigenvalue weighted by Gasteiger charge is -2.18. The summed E-state index contributed by atoms with van der Waals surface area (Å²) in [5, 5.41) is 0. The number of anilines is 1. The molecule has 96 valence electrons. The number of rotatable bonds is 6. The van der Waals surface area contributed by atoms with Crippen LogP contribution < -0.4 is 11.3 Å². The predicted octanol–water partition coefficient (Wildman–Crippen LogP) is 0.239. The second kappa shape index (κ2) is 5.97. The van der Waals surface area contributed by atoms with Crippen molar-refractivity contribution in [3.05, 3.63) is 24.3 Å². The van der Waals surface area contributed by atoms with Crippen LogP contribution in [0.15, 0.2) is 29.2 Å². The highest BCUT2D eigenvalue weighted by Crippen LogP contribution is 2.22. The smallest absolute Gasteiger partial charge is 0.244 e. The summed E-state index contributed by atoms with van der Waals surface area (Å²) in [4.78, 5) is 0.154. The third kappa shape index (κ3) is 3.16. The van der Waals surface area contributed by atoms with E-state index in [1.54, 1.807) is 18.2 Å². The summed E-state index contributed by atoms with van der Waals surface area (Å²) < 4.78 is 30.5. The van der Waals surface area contributed by atoms with Gasteiger partial charge in [0, 0.05) is 20.7 Å². The molecule has 0 radical (unpaired) electrons. The minimum Gasteiger partial charge on any atom is -0.383 e. The van der Waals surface area contributed by atoms with Gasteiger partial charge in [-0.3, -0.25) is 5.84 Å². The van der Waals surface area contributed by atoms with Gasteiger partial charge in [0.15, 0.2) is 0 Å². The highest BCUT2D eigenvalue weighted by molar-refractivity contribution is 7.89. The van der Waals surface area contributed by atoms with Gasteiger partial charge in [-0.1, -0.05) is 12.1 Å². The monoisotopic (exact) mass is 259 g/mol. The Morgan fingerprint density at radius 3 is 2.65 bits per heavy atom. The molecule has 1 aromatic rings. The number of sulfonamides is 1. The number of benzene rings is 1. The Morgan fingerprint density at radius 2 is 2.06 bits per heavy atom. The minimum atomic E-state index is -3.54. The number of hydrogen-bond donors (Lipinski definition) is 2. The minimum absolute atomic E-state index is 0.154. The van der Waals surface area contributed by atoms with Crippen molar-refractivity contribution in [3.8, 4) is 0 Å². The first kappa shape index (κ1) is 13.9. The van der Waals surface area contributed by atoms with E-state index in [9.17, 15) is 8.42 Å². The molecule has 0 fully saturated rings. The topological polar surface area (TPSA) is 84.7 Å². The summed E-state index contributed by atoms with van der Waals surface area (Å²) in [6, 6.07) is 6.48. The predicted molar refractivity (Wildman–Crippen MR) is 65.9 cm³/mol. The lowest BCUT2D eigenvalue weighted by atomic mass is 10.3. The van der Waals surface area contributed by atoms with Crippen LogP contribution >= 0.6 is 0 Å². The molecule has 0 aromatic heterocycles. The average molecular weight is 259 g/mol. The van der Waals surface area contributed by atoms with E-state index in [1.165, 1.54) is 24.5 Å². The van der Waals surface area contributed by atoms with Crippen molar-refractivity contribution in [2.45, 2.75) is 4.90 Å². The van der Waals surface area contributed by atoms with Gasteiger partial charge in [0.1, 0.15) is 4.90 Å². The van der Waals surface area contributed by atoms with Gasteiger partial charge in [0.05, 0.1) is 12.3 Å². The maximum Gasteiger partial charge on any atom is 0.244 e. The highest BCUT2D eigenvalue weighted by atomic mass is 32.2. The maximum absolute atomic E-state index is 12.2. The van der Waals surface area contributed by atoms with E-state index in [-0.39, 0.29) is 11.4 Å². The van der Waals surface area contributed by atoms with Crippen LogP contribution in [0.3, 0.4) is 0 Å². The molecule has 0 aliphatic heterocycles. The number of nitrogens with one attached hydrogen (secondary N) is 1. The standard InChI is InChI=1S/C10H17N3O3S/c1-13(7-8-16-2)17(14,15)10-6-4-3-5-9(10)12-11/h3-6,12H,7-8,11H2,1-2H3. The van der Waals surface area contributed by atoms with E-state index in [2.05, 4.69) is 5.43 Å². The molecule has 0 aliphatic carbocycles. The van der Waals surface area contributed by atoms with Gasteiger partial charge in [0.2, 0.25) is 10.0 Å². The highest BCUT2D eigenvalue weighted by Gasteiger charge is 2.23. The number of ether oxygens (including phenoxy) is 1. The molecule has 7 heteroatoms. The van der Waals surface area contributed by atoms with Crippen molar-refractivity contribution in [3.63, 3.8) is 0 Å². The number of hydrogen-bond acceptors (Lipinski definition) is 5. The average Bonchev–Trinajstić information content (AvgIpc) is 2.35. The summed E-state index contributed by atoms with van der Waals surface area (Å²) in [6.45, 7) is 0.631. The first-order valence-corrected chi connectivity index (χ1v) is 6.49. The van der Waals surface area contributed by atoms with Crippen LogP contribution in [0.4, 0.5) is 5.69 Å². The number of nitrogens with zero attached hydrogens (tertiary/aromatic N) is 1. The molecule has 1 aromatic carbocycles. The Bertz CT molecular complexity index is 462. The van der Waals surface area contributed by atoms with E-state index in [0.29, 0.717) is 12.3 Å². The number of methoxy groups -OCH3 is 1. The van der Waals surface area contributed by atoms with Crippen molar-refractivity contribution >= 4 is 15.7 Å². The van der Waals surface area contributed by atoms with Crippen LogP contribution in [0.25, 0.3) is 0 Å². The fourth-order valence-corrected chi connectivity index (χ4v) is 2.62. The summed E-state index contributed by atoms with van der Waals surface area (Å²) in [5.41, 5.74) is 2.75. The Hall–Kier alpha value is -1.15. The van der Waals surface area contributed by atoms with Crippen molar-refractivity contribution < 1.29 is 13.2 Å². The maximum atomic E-state index is 12.2. The van der Waals surface area contributed by atoms with Gasteiger partial charge >= 0.3 is 0 Å². The van der Waals surface area contributed by atoms with Crippen LogP contribution in [0.5, 0.6) is 0 Å². The molecule has 0 amide bonds. The van der Waals surface area contributed by atoms with E-state index >= 15 is 0 Å². The zero-order valence-corrected chi connectivity index (χ0v) is 10.7. The molecule has 0 spiro atoms. The van der Waals surface area contributed by atoms with Gasteiger partial charge in [-0.25, -0.2) is 8.42 Å². The van der Waals surface area contributed by atoms with Crippen LogP contribution in [0.1, 0.15) is 0 Å². The summed E-state index contributed by atoms with van der Waals surface area (Å²) in [7, 11) is -0.518. The van der Waals surface area contributed by atoms with Crippen molar-refractivity contribution in [2.75, 3.05) is 32.7 Å². The summed E-state index contributed by atoms with van der Waals surface area (Å²) in [6.07, 6.45) is 0. The number of hydrazine groups is 1. The Labute approximate surface area is 101 Å². The second-order valence-corrected chi connectivity index (χ2v) is 5.47. The number of nitrogens with two attached hydrogens (primary N) is 1. The fraction of sp³-hybridized carbons (Fsp3) is 0.400. The number of para-hydroxylation sites is 1. The normalized spacial score (nSPS) is 11.8. The van der Waals surface area contributed by atoms with Crippen LogP contribution in [-0.2, 0) is 14.8 Å². The molecule has 0 unspecified atom stereocenters. The van der Waals surface area contributed by atoms with E-state index in [0.717, 1.165) is 0 Å². The summed E-state index contributed by atoms with van der Waals surface area (Å²) in [5.74, 6) is 5.29. The lowest BCUT2D eigenvalue weighted by Crippen LogP contribution is -2.31. The Kier molecular flexibility index (Phi) is 4.88. The van der Waals surface area contributed by atoms with Crippen LogP contribution in [-0.4, -0.2) is 40.0 Å². The van der Waals surface area contributed by atoms with Gasteiger partial charge < -0.3 is 10.2 Å². The van der Waals surface area contributed by atoms with E-state index < -0.39 is 10.0 Å². The molecular formula is C10H17N3O3S. The van der Waals surface area contributed by atoms with Crippen molar-refractivity contribution in [1.29, 1.82) is 0 Å². The molecule has 0 aliphatic rings. The van der Waals surface area contributed by atoms with Crippen LogP contribution in [0, 0.1) is 0 Å². The van der Waals surface area contributed by atoms with Gasteiger partial charge in [-0.2, -0.15) is 4.31 Å². The van der Waals surface area contributed by atoms with Gasteiger partial charge in [0.25, 0.3) is 0 Å². The van der Waals surface area contributed by atoms with E-state index in [1.807, 2.05) is 0 Å². The quantitative estimate of drug-likeness (QED) is 0.564. The number of likely N-dealkylation sites (N-methyl/N-ethyl adjacent to an activating group) is 1. The fourth-order valence-electron chi connectivity index (χ4n) is 1.32. The van der Waals surface area contributed by atoms with Gasteiger partial charge in [-0.05, 0) is 12.1 Å². The zero-order chi connectivity index (χ0) is 12.9. The molecule has 0 heterocycles. The largest absolute Gasteiger partial charge is 0.383 e. The third-order valence-corrected chi connectivity index (χ3v) is 4.26. The molecule has 3 N–H and O–H groups in total. The Balaban J connectivity index is 3.04. The Morgan fingerprint density at radius 1 is 1.41 bits per heavy atom. The molecule has 0 atom stereocenters. The van der Waals surface area contributed by atoms with Gasteiger partial charge in [-0.15, -0.1) is 0 Å². The number of nitrogen functional groups attached to an aromatic ring is 1. The first-order chi connectivity index (χ1) is 8.04. The molecule has 6 nitrogen and oxygen atoms in total. The molecule has 0 saturated heterocycles. The SMILES string of the molecule is COCCN(C)S(=O)(=O)c1ccccc1NN. The lowest BCUT2D eigenvalue weighted by molar-refractivity contribution is 0.185. The van der Waals surface area contributed by atoms with Crippen LogP contribution in [0.2, 0.25) is 0 Å². The first-order valence-electron chi connectivity index (χ1n) is 5.05. The van der Waals surface area contributed by atoms with Crippen molar-refractivity contribution in [1.82, 2.24) is 4.31 Å². The molecule has 0 saturated carbocycles. The zero-order valence-electron chi connectivity index (χ0n) is 9.88. The van der Waals surface area contributed by atoms with E-state index in [4.69, 9.17) is 10.6 Å². The second-order valence-electron chi connectivity index (χ2n) is 3.46. The molecule has 17 heavy (non-hydrogen) atoms.